The molecule has 0 N–H and O–H groups in total. The Morgan fingerprint density at radius 2 is 1.65 bits per heavy atom. The van der Waals surface area contributed by atoms with Crippen LogP contribution in [0.25, 0.3) is 33.3 Å². The monoisotopic (exact) mass is 678 g/mol. The SMILES string of the molecule is CCc1ccnc(-n2c3ccccc3c3ccc(Oc4cc(C(C)C)cc(-n5nc(C)c(C6C(C)=C[C@H](C)C[C@@H]6C)c5CCC(C)C)c4)cc32)c1. The van der Waals surface area contributed by atoms with E-state index in [1.165, 1.54) is 45.2 Å². The van der Waals surface area contributed by atoms with Crippen molar-refractivity contribution in [3.63, 3.8) is 0 Å². The minimum Gasteiger partial charge on any atom is -0.457 e. The number of benzene rings is 3. The van der Waals surface area contributed by atoms with Gasteiger partial charge in [0, 0.05) is 46.3 Å². The number of hydrogen-bond donors (Lipinski definition) is 0. The van der Waals surface area contributed by atoms with Gasteiger partial charge in [0.05, 0.1) is 22.4 Å². The van der Waals surface area contributed by atoms with Gasteiger partial charge < -0.3 is 4.74 Å². The van der Waals surface area contributed by atoms with Crippen LogP contribution in [0.3, 0.4) is 0 Å². The van der Waals surface area contributed by atoms with Crippen LogP contribution < -0.4 is 4.74 Å². The summed E-state index contributed by atoms with van der Waals surface area (Å²) in [5, 5.41) is 7.71. The van der Waals surface area contributed by atoms with Crippen molar-refractivity contribution in [2.75, 3.05) is 0 Å². The van der Waals surface area contributed by atoms with Gasteiger partial charge in [-0.2, -0.15) is 5.10 Å². The second-order valence-corrected chi connectivity index (χ2v) is 15.8. The van der Waals surface area contributed by atoms with Gasteiger partial charge >= 0.3 is 0 Å². The highest BCUT2D eigenvalue weighted by atomic mass is 16.5. The van der Waals surface area contributed by atoms with E-state index in [4.69, 9.17) is 14.8 Å². The highest BCUT2D eigenvalue weighted by Crippen LogP contribution is 2.44. The van der Waals surface area contributed by atoms with Crippen LogP contribution in [0.5, 0.6) is 11.5 Å². The summed E-state index contributed by atoms with van der Waals surface area (Å²) in [4.78, 5) is 4.82. The number of aryl methyl sites for hydroxylation is 2. The zero-order valence-corrected chi connectivity index (χ0v) is 32.0. The average Bonchev–Trinajstić information content (AvgIpc) is 3.60. The first-order valence-electron chi connectivity index (χ1n) is 19.1. The molecule has 0 aliphatic heterocycles. The highest BCUT2D eigenvalue weighted by molar-refractivity contribution is 6.09. The Morgan fingerprint density at radius 3 is 2.39 bits per heavy atom. The molecule has 264 valence electrons. The molecule has 1 aliphatic rings. The molecule has 3 atom stereocenters. The molecule has 3 heterocycles. The molecular weight excluding hydrogens is 625 g/mol. The van der Waals surface area contributed by atoms with Crippen molar-refractivity contribution in [3.8, 4) is 23.0 Å². The quantitative estimate of drug-likeness (QED) is 0.135. The molecule has 5 nitrogen and oxygen atoms in total. The predicted octanol–water partition coefficient (Wildman–Crippen LogP) is 12.4. The Bertz CT molecular complexity index is 2230. The summed E-state index contributed by atoms with van der Waals surface area (Å²) in [6.45, 7) is 20.7. The topological polar surface area (TPSA) is 44.9 Å². The number of nitrogens with zero attached hydrogens (tertiary/aromatic N) is 4. The molecule has 51 heavy (non-hydrogen) atoms. The lowest BCUT2D eigenvalue weighted by Crippen LogP contribution is -2.21. The number of hydrogen-bond acceptors (Lipinski definition) is 3. The summed E-state index contributed by atoms with van der Waals surface area (Å²) in [6.07, 6.45) is 8.69. The minimum absolute atomic E-state index is 0.328. The molecule has 0 spiro atoms. The Hall–Kier alpha value is -4.64. The first-order valence-corrected chi connectivity index (χ1v) is 19.1. The van der Waals surface area contributed by atoms with E-state index in [0.29, 0.717) is 29.6 Å². The van der Waals surface area contributed by atoms with Gasteiger partial charge in [-0.15, -0.1) is 0 Å². The Kier molecular flexibility index (Phi) is 9.67. The van der Waals surface area contributed by atoms with E-state index >= 15 is 0 Å². The normalized spacial score (nSPS) is 17.9. The largest absolute Gasteiger partial charge is 0.457 e. The molecule has 3 aromatic carbocycles. The van der Waals surface area contributed by atoms with Crippen molar-refractivity contribution in [2.24, 2.45) is 17.8 Å². The third-order valence-electron chi connectivity index (χ3n) is 11.0. The van der Waals surface area contributed by atoms with Crippen LogP contribution >= 0.6 is 0 Å². The molecule has 0 amide bonds. The molecule has 1 unspecified atom stereocenters. The Balaban J connectivity index is 1.34. The number of pyridine rings is 1. The number of ether oxygens (including phenoxy) is 1. The molecule has 0 saturated heterocycles. The lowest BCUT2D eigenvalue weighted by molar-refractivity contribution is 0.389. The summed E-state index contributed by atoms with van der Waals surface area (Å²) in [5.41, 5.74) is 11.2. The van der Waals surface area contributed by atoms with Gasteiger partial charge in [0.2, 0.25) is 0 Å². The van der Waals surface area contributed by atoms with Crippen molar-refractivity contribution >= 4 is 21.8 Å². The van der Waals surface area contributed by atoms with Crippen molar-refractivity contribution in [1.29, 1.82) is 0 Å². The molecular formula is C46H54N4O. The van der Waals surface area contributed by atoms with Gasteiger partial charge in [0.15, 0.2) is 0 Å². The molecule has 0 saturated carbocycles. The van der Waals surface area contributed by atoms with Gasteiger partial charge in [-0.25, -0.2) is 9.67 Å². The molecule has 6 aromatic rings. The number of fused-ring (bicyclic) bond motifs is 3. The number of aromatic nitrogens is 4. The first kappa shape index (κ1) is 34.8. The van der Waals surface area contributed by atoms with Gasteiger partial charge in [-0.1, -0.05) is 78.3 Å². The molecule has 5 heteroatoms. The fraction of sp³-hybridized carbons (Fsp3) is 0.391. The van der Waals surface area contributed by atoms with E-state index < -0.39 is 0 Å². The van der Waals surface area contributed by atoms with E-state index in [1.54, 1.807) is 0 Å². The second kappa shape index (κ2) is 14.2. The first-order chi connectivity index (χ1) is 24.5. The summed E-state index contributed by atoms with van der Waals surface area (Å²) >= 11 is 0. The lowest BCUT2D eigenvalue weighted by Gasteiger charge is -2.33. The second-order valence-electron chi connectivity index (χ2n) is 15.8. The van der Waals surface area contributed by atoms with Crippen molar-refractivity contribution in [1.82, 2.24) is 19.3 Å². The van der Waals surface area contributed by atoms with E-state index in [-0.39, 0.29) is 0 Å². The van der Waals surface area contributed by atoms with Crippen molar-refractivity contribution in [3.05, 3.63) is 119 Å². The average molecular weight is 679 g/mol. The number of para-hydroxylation sites is 1. The molecule has 0 fully saturated rings. The smallest absolute Gasteiger partial charge is 0.137 e. The van der Waals surface area contributed by atoms with Gasteiger partial charge in [-0.05, 0) is 117 Å². The van der Waals surface area contributed by atoms with Crippen LogP contribution in [0.4, 0.5) is 0 Å². The fourth-order valence-corrected chi connectivity index (χ4v) is 8.50. The number of allylic oxidation sites excluding steroid dienone is 2. The summed E-state index contributed by atoms with van der Waals surface area (Å²) in [7, 11) is 0. The fourth-order valence-electron chi connectivity index (χ4n) is 8.50. The van der Waals surface area contributed by atoms with E-state index in [1.807, 2.05) is 6.20 Å². The third kappa shape index (κ3) is 6.76. The summed E-state index contributed by atoms with van der Waals surface area (Å²) in [6, 6.07) is 26.0. The van der Waals surface area contributed by atoms with Crippen LogP contribution in [-0.4, -0.2) is 19.3 Å². The van der Waals surface area contributed by atoms with Crippen LogP contribution in [0.15, 0.2) is 90.6 Å². The van der Waals surface area contributed by atoms with Gasteiger partial charge in [-0.3, -0.25) is 4.57 Å². The minimum atomic E-state index is 0.328. The van der Waals surface area contributed by atoms with Crippen molar-refractivity contribution in [2.45, 2.75) is 99.8 Å². The number of rotatable bonds is 10. The maximum atomic E-state index is 6.82. The molecule has 0 bridgehead atoms. The van der Waals surface area contributed by atoms with Crippen LogP contribution in [0.2, 0.25) is 0 Å². The van der Waals surface area contributed by atoms with Crippen LogP contribution in [0, 0.1) is 24.7 Å². The Morgan fingerprint density at radius 1 is 0.863 bits per heavy atom. The molecule has 0 radical (unpaired) electrons. The van der Waals surface area contributed by atoms with Crippen LogP contribution in [0.1, 0.15) is 108 Å². The summed E-state index contributed by atoms with van der Waals surface area (Å²) in [5.74, 6) is 5.07. The lowest BCUT2D eigenvalue weighted by atomic mass is 9.72. The molecule has 3 aromatic heterocycles. The maximum absolute atomic E-state index is 6.82. The Labute approximate surface area is 304 Å². The summed E-state index contributed by atoms with van der Waals surface area (Å²) < 4.78 is 11.3. The standard InChI is InChI=1S/C46H54N4O/c1-10-34-19-20-47-44(23-34)49-41-14-12-11-13-39(41)40-17-16-37(27-43(40)49)51-38-25-35(29(4)5)24-36(26-38)50-42(18-15-28(2)3)46(33(9)48-50)45-31(7)21-30(6)22-32(45)8/h11-14,16-17,19-21,23-30,32,45H,10,15,18,22H2,1-9H3/t30-,32-,45?/m0/s1. The predicted molar refractivity (Wildman–Crippen MR) is 213 cm³/mol. The third-order valence-corrected chi connectivity index (χ3v) is 11.0. The molecule has 1 aliphatic carbocycles. The van der Waals surface area contributed by atoms with E-state index in [0.717, 1.165) is 59.0 Å². The van der Waals surface area contributed by atoms with E-state index in [9.17, 15) is 0 Å². The van der Waals surface area contributed by atoms with Crippen molar-refractivity contribution < 1.29 is 4.74 Å². The van der Waals surface area contributed by atoms with Crippen LogP contribution in [-0.2, 0) is 12.8 Å². The van der Waals surface area contributed by atoms with Gasteiger partial charge in [0.25, 0.3) is 0 Å². The maximum Gasteiger partial charge on any atom is 0.137 e. The zero-order chi connectivity index (χ0) is 36.0. The molecule has 7 rings (SSSR count). The van der Waals surface area contributed by atoms with Gasteiger partial charge in [0.1, 0.15) is 17.3 Å². The zero-order valence-electron chi connectivity index (χ0n) is 32.0. The highest BCUT2D eigenvalue weighted by Gasteiger charge is 2.32. The van der Waals surface area contributed by atoms with E-state index in [2.05, 4.69) is 150 Å².